The quantitative estimate of drug-likeness (QED) is 0.498. The van der Waals surface area contributed by atoms with Gasteiger partial charge in [-0.05, 0) is 6.07 Å². The number of isocyanates is 1. The molecule has 1 N–H and O–H groups in total. The first kappa shape index (κ1) is 6.69. The van der Waals surface area contributed by atoms with E-state index < -0.39 is 0 Å². The maximum atomic E-state index is 9.97. The van der Waals surface area contributed by atoms with E-state index in [0.717, 1.165) is 5.52 Å². The number of aromatic amines is 1. The van der Waals surface area contributed by atoms with E-state index in [1.807, 2.05) is 0 Å². The number of H-pyrrole nitrogens is 1. The number of hydrogen-bond donors (Lipinski definition) is 1. The van der Waals surface area contributed by atoms with Crippen LogP contribution in [0.2, 0.25) is 0 Å². The van der Waals surface area contributed by atoms with Gasteiger partial charge in [-0.25, -0.2) is 14.8 Å². The predicted octanol–water partition coefficient (Wildman–Crippen LogP) is 0.925. The van der Waals surface area contributed by atoms with Crippen molar-refractivity contribution < 1.29 is 4.79 Å². The van der Waals surface area contributed by atoms with Gasteiger partial charge in [-0.2, -0.15) is 0 Å². The van der Waals surface area contributed by atoms with Crippen molar-refractivity contribution in [2.75, 3.05) is 0 Å². The number of aliphatic imine (C=N–C) groups is 1. The van der Waals surface area contributed by atoms with Gasteiger partial charge < -0.3 is 4.98 Å². The van der Waals surface area contributed by atoms with Gasteiger partial charge in [0.25, 0.3) is 0 Å². The minimum atomic E-state index is 0.295. The molecule has 0 saturated heterocycles. The minimum Gasteiger partial charge on any atom is -0.344 e. The highest BCUT2D eigenvalue weighted by atomic mass is 16.1. The van der Waals surface area contributed by atoms with Gasteiger partial charge in [-0.3, -0.25) is 0 Å². The summed E-state index contributed by atoms with van der Waals surface area (Å²) in [5.74, 6) is 0.295. The number of nitrogens with one attached hydrogen (secondary N) is 1. The number of carbonyl (C=O) groups excluding carboxylic acids is 1. The average Bonchev–Trinajstić information content (AvgIpc) is 2.53. The van der Waals surface area contributed by atoms with E-state index in [2.05, 4.69) is 19.9 Å². The Morgan fingerprint density at radius 3 is 3.25 bits per heavy atom. The Labute approximate surface area is 67.2 Å². The molecule has 58 valence electrons. The highest BCUT2D eigenvalue weighted by molar-refractivity contribution is 5.84. The summed E-state index contributed by atoms with van der Waals surface area (Å²) in [5.41, 5.74) is 1.39. The van der Waals surface area contributed by atoms with Crippen LogP contribution >= 0.6 is 0 Å². The third kappa shape index (κ3) is 0.889. The molecule has 2 aromatic heterocycles. The van der Waals surface area contributed by atoms with E-state index in [4.69, 9.17) is 0 Å². The van der Waals surface area contributed by atoms with Gasteiger partial charge in [0.05, 0.1) is 11.8 Å². The van der Waals surface area contributed by atoms with Crippen LogP contribution < -0.4 is 0 Å². The SMILES string of the molecule is O=C=Nc1nccc2[nH]cnc12. The topological polar surface area (TPSA) is 71.0 Å². The lowest BCUT2D eigenvalue weighted by atomic mass is 10.4. The first-order chi connectivity index (χ1) is 5.92. The predicted molar refractivity (Wildman–Crippen MR) is 41.7 cm³/mol. The number of imidazole rings is 1. The zero-order chi connectivity index (χ0) is 8.39. The number of nitrogens with zero attached hydrogens (tertiary/aromatic N) is 3. The van der Waals surface area contributed by atoms with E-state index in [9.17, 15) is 4.79 Å². The highest BCUT2D eigenvalue weighted by Crippen LogP contribution is 2.18. The molecule has 0 aliphatic carbocycles. The number of aromatic nitrogens is 3. The molecule has 5 nitrogen and oxygen atoms in total. The Morgan fingerprint density at radius 2 is 2.42 bits per heavy atom. The molecule has 0 aliphatic rings. The number of fused-ring (bicyclic) bond motifs is 1. The molecule has 0 spiro atoms. The van der Waals surface area contributed by atoms with Crippen molar-refractivity contribution in [1.82, 2.24) is 15.0 Å². The van der Waals surface area contributed by atoms with Crippen molar-refractivity contribution in [3.63, 3.8) is 0 Å². The summed E-state index contributed by atoms with van der Waals surface area (Å²) in [6.45, 7) is 0. The second kappa shape index (κ2) is 2.56. The van der Waals surface area contributed by atoms with Crippen LogP contribution in [0.25, 0.3) is 11.0 Å². The molecular formula is C7H4N4O. The zero-order valence-corrected chi connectivity index (χ0v) is 5.98. The second-order valence-electron chi connectivity index (χ2n) is 2.14. The van der Waals surface area contributed by atoms with Crippen molar-refractivity contribution in [3.05, 3.63) is 18.6 Å². The smallest absolute Gasteiger partial charge is 0.242 e. The Bertz CT molecular complexity index is 455. The standard InChI is InChI=1S/C7H4N4O/c12-4-11-7-6-5(1-2-8-7)9-3-10-6/h1-3H,(H,9,10). The Balaban J connectivity index is 2.81. The van der Waals surface area contributed by atoms with Crippen LogP contribution in [0.3, 0.4) is 0 Å². The van der Waals surface area contributed by atoms with Gasteiger partial charge in [0.15, 0.2) is 5.82 Å². The summed E-state index contributed by atoms with van der Waals surface area (Å²) < 4.78 is 0. The summed E-state index contributed by atoms with van der Waals surface area (Å²) in [6, 6.07) is 1.76. The largest absolute Gasteiger partial charge is 0.344 e. The van der Waals surface area contributed by atoms with E-state index in [1.54, 1.807) is 12.3 Å². The number of pyridine rings is 1. The molecular weight excluding hydrogens is 156 g/mol. The molecule has 5 heteroatoms. The molecule has 0 aliphatic heterocycles. The molecule has 2 aromatic rings. The van der Waals surface area contributed by atoms with Crippen molar-refractivity contribution >= 4 is 22.9 Å². The van der Waals surface area contributed by atoms with Crippen LogP contribution in [0.5, 0.6) is 0 Å². The molecule has 0 bridgehead atoms. The van der Waals surface area contributed by atoms with Crippen molar-refractivity contribution in [1.29, 1.82) is 0 Å². The van der Waals surface area contributed by atoms with Crippen LogP contribution in [0.4, 0.5) is 5.82 Å². The van der Waals surface area contributed by atoms with Gasteiger partial charge in [-0.15, -0.1) is 4.99 Å². The van der Waals surface area contributed by atoms with Gasteiger partial charge in [0, 0.05) is 6.20 Å². The van der Waals surface area contributed by atoms with Crippen LogP contribution in [-0.4, -0.2) is 21.0 Å². The molecule has 0 amide bonds. The average molecular weight is 160 g/mol. The maximum absolute atomic E-state index is 9.97. The van der Waals surface area contributed by atoms with Crippen LogP contribution in [0.15, 0.2) is 23.6 Å². The second-order valence-corrected chi connectivity index (χ2v) is 2.14. The third-order valence-corrected chi connectivity index (χ3v) is 1.47. The van der Waals surface area contributed by atoms with Crippen molar-refractivity contribution in [3.8, 4) is 0 Å². The van der Waals surface area contributed by atoms with Crippen LogP contribution in [0.1, 0.15) is 0 Å². The molecule has 0 fully saturated rings. The highest BCUT2D eigenvalue weighted by Gasteiger charge is 2.01. The summed E-state index contributed by atoms with van der Waals surface area (Å²) >= 11 is 0. The first-order valence-electron chi connectivity index (χ1n) is 3.28. The van der Waals surface area contributed by atoms with Gasteiger partial charge in [0.1, 0.15) is 5.52 Å². The third-order valence-electron chi connectivity index (χ3n) is 1.47. The molecule has 12 heavy (non-hydrogen) atoms. The monoisotopic (exact) mass is 160 g/mol. The lowest BCUT2D eigenvalue weighted by molar-refractivity contribution is 0.565. The summed E-state index contributed by atoms with van der Waals surface area (Å²) in [4.78, 5) is 24.1. The lowest BCUT2D eigenvalue weighted by Gasteiger charge is -1.89. The summed E-state index contributed by atoms with van der Waals surface area (Å²) in [6.07, 6.45) is 4.50. The molecule has 0 atom stereocenters. The fraction of sp³-hybridized carbons (Fsp3) is 0. The number of hydrogen-bond acceptors (Lipinski definition) is 4. The normalized spacial score (nSPS) is 9.67. The van der Waals surface area contributed by atoms with E-state index >= 15 is 0 Å². The minimum absolute atomic E-state index is 0.295. The lowest BCUT2D eigenvalue weighted by Crippen LogP contribution is -1.75. The van der Waals surface area contributed by atoms with Gasteiger partial charge >= 0.3 is 0 Å². The van der Waals surface area contributed by atoms with Crippen molar-refractivity contribution in [2.24, 2.45) is 4.99 Å². The Morgan fingerprint density at radius 1 is 1.50 bits per heavy atom. The Kier molecular flexibility index (Phi) is 1.43. The summed E-state index contributed by atoms with van der Waals surface area (Å²) in [5, 5.41) is 0. The molecule has 2 rings (SSSR count). The van der Waals surface area contributed by atoms with Crippen molar-refractivity contribution in [2.45, 2.75) is 0 Å². The molecule has 2 heterocycles. The zero-order valence-electron chi connectivity index (χ0n) is 5.98. The Hall–Kier alpha value is -2.00. The summed E-state index contributed by atoms with van der Waals surface area (Å²) in [7, 11) is 0. The fourth-order valence-corrected chi connectivity index (χ4v) is 0.978. The van der Waals surface area contributed by atoms with E-state index in [1.165, 1.54) is 12.4 Å². The van der Waals surface area contributed by atoms with Gasteiger partial charge in [-0.1, -0.05) is 0 Å². The van der Waals surface area contributed by atoms with E-state index in [0.29, 0.717) is 11.3 Å². The maximum Gasteiger partial charge on any atom is 0.242 e. The van der Waals surface area contributed by atoms with Gasteiger partial charge in [0.2, 0.25) is 6.08 Å². The molecule has 0 saturated carbocycles. The van der Waals surface area contributed by atoms with Crippen LogP contribution in [-0.2, 0) is 4.79 Å². The molecule has 0 aromatic carbocycles. The van der Waals surface area contributed by atoms with Crippen LogP contribution in [0, 0.1) is 0 Å². The fourth-order valence-electron chi connectivity index (χ4n) is 0.978. The number of rotatable bonds is 1. The molecule has 0 radical (unpaired) electrons. The van der Waals surface area contributed by atoms with E-state index in [-0.39, 0.29) is 0 Å². The first-order valence-corrected chi connectivity index (χ1v) is 3.28. The molecule has 0 unspecified atom stereocenters.